The third-order valence-corrected chi connectivity index (χ3v) is 5.65. The highest BCUT2D eigenvalue weighted by molar-refractivity contribution is 6.44. The number of rotatable bonds is 4. The maximum Gasteiger partial charge on any atom is 0.293 e. The monoisotopic (exact) mass is 480 g/mol. The van der Waals surface area contributed by atoms with Gasteiger partial charge in [0.2, 0.25) is 5.91 Å². The lowest BCUT2D eigenvalue weighted by molar-refractivity contribution is -0.127. The summed E-state index contributed by atoms with van der Waals surface area (Å²) < 4.78 is 0. The molecule has 0 aliphatic carbocycles. The van der Waals surface area contributed by atoms with Crippen LogP contribution < -0.4 is 15.5 Å². The molecule has 0 spiro atoms. The molecule has 2 aliphatic rings. The van der Waals surface area contributed by atoms with Gasteiger partial charge in [-0.05, 0) is 42.5 Å². The number of ketones is 1. The molecule has 10 heteroatoms. The lowest BCUT2D eigenvalue weighted by atomic mass is 10.0. The zero-order valence-electron chi connectivity index (χ0n) is 18.5. The molecule has 0 bridgehead atoms. The Labute approximate surface area is 203 Å². The summed E-state index contributed by atoms with van der Waals surface area (Å²) in [6, 6.07) is 18.7. The van der Waals surface area contributed by atoms with E-state index in [9.17, 15) is 28.8 Å². The molecule has 0 saturated carbocycles. The number of nitrogens with one attached hydrogen (secondary N) is 2. The number of carbonyl (C=O) groups is 6. The van der Waals surface area contributed by atoms with Crippen LogP contribution in [0.25, 0.3) is 0 Å². The molecule has 2 aliphatic heterocycles. The first kappa shape index (κ1) is 22.5. The van der Waals surface area contributed by atoms with Crippen LogP contribution >= 0.6 is 0 Å². The van der Waals surface area contributed by atoms with E-state index in [2.05, 4.69) is 10.3 Å². The number of hydrogen-bond acceptors (Lipinski definition) is 7. The Morgan fingerprint density at radius 2 is 1.42 bits per heavy atom. The molecule has 0 saturated heterocycles. The van der Waals surface area contributed by atoms with Crippen LogP contribution in [0.15, 0.2) is 77.8 Å². The van der Waals surface area contributed by atoms with Crippen LogP contribution in [-0.2, 0) is 9.59 Å². The minimum atomic E-state index is -0.840. The second kappa shape index (κ2) is 8.84. The Kier molecular flexibility index (Phi) is 5.53. The minimum absolute atomic E-state index is 0.0160. The van der Waals surface area contributed by atoms with Gasteiger partial charge in [0.05, 0.1) is 16.8 Å². The molecule has 3 aromatic carbocycles. The van der Waals surface area contributed by atoms with Gasteiger partial charge in [0, 0.05) is 16.7 Å². The van der Waals surface area contributed by atoms with E-state index in [0.717, 1.165) is 4.90 Å². The highest BCUT2D eigenvalue weighted by Crippen LogP contribution is 2.29. The number of anilines is 1. The number of amides is 5. The maximum absolute atomic E-state index is 13.1. The molecule has 2 N–H and O–H groups in total. The number of carbonyl (C=O) groups excluding carboxylic acids is 6. The summed E-state index contributed by atoms with van der Waals surface area (Å²) in [5, 5.41) is 4.34. The second-order valence-electron chi connectivity index (χ2n) is 7.94. The quantitative estimate of drug-likeness (QED) is 0.428. The predicted molar refractivity (Wildman–Crippen MR) is 127 cm³/mol. The van der Waals surface area contributed by atoms with Crippen molar-refractivity contribution in [1.29, 1.82) is 0 Å². The highest BCUT2D eigenvalue weighted by atomic mass is 16.2. The molecule has 0 fully saturated rings. The van der Waals surface area contributed by atoms with Gasteiger partial charge in [0.15, 0.2) is 11.6 Å². The summed E-state index contributed by atoms with van der Waals surface area (Å²) in [4.78, 5) is 78.9. The van der Waals surface area contributed by atoms with E-state index in [0.29, 0.717) is 11.1 Å². The number of fused-ring (bicyclic) bond motifs is 1. The van der Waals surface area contributed by atoms with Gasteiger partial charge in [-0.3, -0.25) is 39.1 Å². The predicted octanol–water partition coefficient (Wildman–Crippen LogP) is 1.50. The van der Waals surface area contributed by atoms with Crippen molar-refractivity contribution in [3.05, 3.63) is 101 Å². The van der Waals surface area contributed by atoms with Gasteiger partial charge in [-0.1, -0.05) is 30.3 Å². The Balaban J connectivity index is 1.36. The summed E-state index contributed by atoms with van der Waals surface area (Å²) in [5.41, 5.74) is 1.33. The molecule has 0 aromatic heterocycles. The largest absolute Gasteiger partial charge is 0.302 e. The number of hydrogen-bond donors (Lipinski definition) is 2. The summed E-state index contributed by atoms with van der Waals surface area (Å²) in [6.45, 7) is -0.302. The molecule has 5 rings (SSSR count). The number of benzene rings is 3. The fourth-order valence-electron chi connectivity index (χ4n) is 3.86. The van der Waals surface area contributed by atoms with E-state index in [1.807, 2.05) is 5.32 Å². The number of amidine groups is 1. The summed E-state index contributed by atoms with van der Waals surface area (Å²) >= 11 is 0. The van der Waals surface area contributed by atoms with Crippen LogP contribution in [0.4, 0.5) is 5.69 Å². The standard InChI is InChI=1S/C26H16N4O6/c31-20-13-27-22(24(34)28-20)29-23(33)16-8-11-18-19(12-16)26(36)30(25(18)35)17-9-6-15(7-10-17)21(32)14-4-2-1-3-5-14/h1-12H,13H2,(H,27,29,33)(H,28,31,34). The van der Waals surface area contributed by atoms with Crippen LogP contribution in [0.3, 0.4) is 0 Å². The van der Waals surface area contributed by atoms with Crippen LogP contribution in [0.1, 0.15) is 47.0 Å². The first-order chi connectivity index (χ1) is 17.3. The fraction of sp³-hybridized carbons (Fsp3) is 0.0385. The van der Waals surface area contributed by atoms with Crippen LogP contribution in [0.2, 0.25) is 0 Å². The topological polar surface area (TPSA) is 142 Å². The third kappa shape index (κ3) is 3.96. The first-order valence-electron chi connectivity index (χ1n) is 10.8. The zero-order valence-corrected chi connectivity index (χ0v) is 18.5. The Morgan fingerprint density at radius 3 is 2.11 bits per heavy atom. The summed E-state index contributed by atoms with van der Waals surface area (Å²) in [6.07, 6.45) is 0. The average Bonchev–Trinajstić information content (AvgIpc) is 3.15. The van der Waals surface area contributed by atoms with Crippen molar-refractivity contribution in [2.45, 2.75) is 0 Å². The van der Waals surface area contributed by atoms with E-state index in [1.54, 1.807) is 30.3 Å². The molecule has 176 valence electrons. The highest BCUT2D eigenvalue weighted by Gasteiger charge is 2.37. The summed E-state index contributed by atoms with van der Waals surface area (Å²) in [5.74, 6) is -3.88. The second-order valence-corrected chi connectivity index (χ2v) is 7.94. The van der Waals surface area contributed by atoms with Gasteiger partial charge >= 0.3 is 0 Å². The molecule has 0 unspecified atom stereocenters. The Bertz CT molecular complexity index is 1510. The van der Waals surface area contributed by atoms with E-state index >= 15 is 0 Å². The van der Waals surface area contributed by atoms with Crippen molar-refractivity contribution in [2.75, 3.05) is 11.4 Å². The average molecular weight is 480 g/mol. The van der Waals surface area contributed by atoms with Crippen LogP contribution in [0, 0.1) is 0 Å². The van der Waals surface area contributed by atoms with Crippen molar-refractivity contribution in [1.82, 2.24) is 10.6 Å². The number of nitrogens with zero attached hydrogens (tertiary/aromatic N) is 2. The number of aliphatic imine (C=N–C) groups is 1. The molecular weight excluding hydrogens is 464 g/mol. The molecule has 3 aromatic rings. The van der Waals surface area contributed by atoms with E-state index in [1.165, 1.54) is 42.5 Å². The normalized spacial score (nSPS) is 14.8. The van der Waals surface area contributed by atoms with Crippen molar-refractivity contribution in [3.8, 4) is 0 Å². The Hall–Kier alpha value is -5.25. The smallest absolute Gasteiger partial charge is 0.293 e. The Morgan fingerprint density at radius 1 is 0.778 bits per heavy atom. The lowest BCUT2D eigenvalue weighted by Crippen LogP contribution is -2.49. The van der Waals surface area contributed by atoms with Gasteiger partial charge in [-0.2, -0.15) is 0 Å². The molecule has 36 heavy (non-hydrogen) atoms. The first-order valence-corrected chi connectivity index (χ1v) is 10.8. The van der Waals surface area contributed by atoms with Crippen molar-refractivity contribution >= 4 is 46.8 Å². The fourth-order valence-corrected chi connectivity index (χ4v) is 3.86. The lowest BCUT2D eigenvalue weighted by Gasteiger charge is -2.14. The summed E-state index contributed by atoms with van der Waals surface area (Å²) in [7, 11) is 0. The number of imide groups is 2. The SMILES string of the molecule is O=C1CN=C(NC(=O)c2ccc3c(c2)C(=O)N(c2ccc(C(=O)c4ccccc4)cc2)C3=O)C(=O)N1. The molecular formula is C26H16N4O6. The van der Waals surface area contributed by atoms with Crippen molar-refractivity contribution < 1.29 is 28.8 Å². The minimum Gasteiger partial charge on any atom is -0.302 e. The van der Waals surface area contributed by atoms with Gasteiger partial charge < -0.3 is 5.32 Å². The third-order valence-electron chi connectivity index (χ3n) is 5.65. The van der Waals surface area contributed by atoms with E-state index in [-0.39, 0.29) is 40.5 Å². The maximum atomic E-state index is 13.1. The zero-order chi connectivity index (χ0) is 25.4. The van der Waals surface area contributed by atoms with Gasteiger partial charge in [0.25, 0.3) is 23.6 Å². The van der Waals surface area contributed by atoms with Gasteiger partial charge in [0.1, 0.15) is 6.54 Å². The molecule has 2 heterocycles. The van der Waals surface area contributed by atoms with Crippen LogP contribution in [0.5, 0.6) is 0 Å². The van der Waals surface area contributed by atoms with Gasteiger partial charge in [-0.25, -0.2) is 4.90 Å². The molecule has 0 radical (unpaired) electrons. The van der Waals surface area contributed by atoms with E-state index < -0.39 is 29.5 Å². The van der Waals surface area contributed by atoms with Crippen LogP contribution in [-0.4, -0.2) is 47.7 Å². The van der Waals surface area contributed by atoms with Crippen molar-refractivity contribution in [2.24, 2.45) is 4.99 Å². The van der Waals surface area contributed by atoms with Gasteiger partial charge in [-0.15, -0.1) is 0 Å². The molecule has 10 nitrogen and oxygen atoms in total. The molecule has 0 atom stereocenters. The molecule has 5 amide bonds. The van der Waals surface area contributed by atoms with E-state index in [4.69, 9.17) is 0 Å². The van der Waals surface area contributed by atoms with Crippen molar-refractivity contribution in [3.63, 3.8) is 0 Å².